The molecule has 1 aliphatic rings. The molecule has 1 saturated heterocycles. The largest absolute Gasteiger partial charge is 0.393 e. The molecule has 0 saturated carbocycles. The van der Waals surface area contributed by atoms with Crippen LogP contribution in [-0.2, 0) is 16.7 Å². The zero-order chi connectivity index (χ0) is 21.4. The number of rotatable bonds is 6. The summed E-state index contributed by atoms with van der Waals surface area (Å²) in [6.45, 7) is 4.77. The Kier molecular flexibility index (Phi) is 6.37. The molecule has 0 bridgehead atoms. The second kappa shape index (κ2) is 8.32. The predicted octanol–water partition coefficient (Wildman–Crippen LogP) is 3.13. The van der Waals surface area contributed by atoms with Crippen LogP contribution >= 0.6 is 12.2 Å². The van der Waals surface area contributed by atoms with E-state index in [-0.39, 0.29) is 29.3 Å². The van der Waals surface area contributed by atoms with E-state index >= 15 is 0 Å². The molecule has 0 amide bonds. The van der Waals surface area contributed by atoms with Gasteiger partial charge in [-0.3, -0.25) is 9.30 Å². The number of halogens is 3. The maximum absolute atomic E-state index is 13.0. The molecule has 2 aromatic heterocycles. The Morgan fingerprint density at radius 2 is 1.97 bits per heavy atom. The van der Waals surface area contributed by atoms with Gasteiger partial charge >= 0.3 is 6.18 Å². The molecule has 12 heteroatoms. The molecule has 29 heavy (non-hydrogen) atoms. The Labute approximate surface area is 172 Å². The molecule has 0 N–H and O–H groups in total. The van der Waals surface area contributed by atoms with E-state index in [4.69, 9.17) is 12.2 Å². The van der Waals surface area contributed by atoms with Crippen molar-refractivity contribution in [1.29, 1.82) is 0 Å². The molecule has 0 spiro atoms. The number of nitrogens with zero attached hydrogens (tertiary/aromatic N) is 5. The van der Waals surface area contributed by atoms with Gasteiger partial charge in [0.25, 0.3) is 0 Å². The summed E-state index contributed by atoms with van der Waals surface area (Å²) in [5.41, 5.74) is 0.442. The number of fused-ring (bicyclic) bond motifs is 1. The number of piperidine rings is 1. The van der Waals surface area contributed by atoms with E-state index in [9.17, 15) is 21.6 Å². The summed E-state index contributed by atoms with van der Waals surface area (Å²) in [6, 6.07) is 3.02. The first-order valence-corrected chi connectivity index (χ1v) is 11.3. The van der Waals surface area contributed by atoms with Crippen molar-refractivity contribution < 1.29 is 21.6 Å². The van der Waals surface area contributed by atoms with Crippen LogP contribution in [0.1, 0.15) is 26.7 Å². The van der Waals surface area contributed by atoms with Gasteiger partial charge in [-0.25, -0.2) is 13.1 Å². The molecule has 0 radical (unpaired) electrons. The minimum atomic E-state index is -4.22. The van der Waals surface area contributed by atoms with Crippen molar-refractivity contribution in [2.24, 2.45) is 5.92 Å². The number of sulfonamides is 1. The van der Waals surface area contributed by atoms with Gasteiger partial charge in [0, 0.05) is 25.8 Å². The Balaban J connectivity index is 1.88. The maximum atomic E-state index is 13.0. The molecular weight excluding hydrogens is 427 g/mol. The molecule has 1 atom stereocenters. The van der Waals surface area contributed by atoms with Crippen LogP contribution in [-0.4, -0.2) is 64.2 Å². The van der Waals surface area contributed by atoms with Crippen LogP contribution in [0.2, 0.25) is 0 Å². The smallest absolute Gasteiger partial charge is 0.284 e. The molecule has 7 nitrogen and oxygen atoms in total. The molecule has 3 rings (SSSR count). The number of hydrogen-bond acceptors (Lipinski definition) is 5. The number of likely N-dealkylation sites (tertiary alicyclic amines) is 1. The molecular formula is C17H24F3N5O2S2. The number of alkyl halides is 3. The lowest BCUT2D eigenvalue weighted by atomic mass is 9.98. The summed E-state index contributed by atoms with van der Waals surface area (Å²) >= 11 is 5.41. The highest BCUT2D eigenvalue weighted by atomic mass is 32.2. The van der Waals surface area contributed by atoms with Crippen molar-refractivity contribution in [1.82, 2.24) is 23.4 Å². The lowest BCUT2D eigenvalue weighted by molar-refractivity contribution is -0.188. The minimum absolute atomic E-state index is 0.0965. The van der Waals surface area contributed by atoms with Gasteiger partial charge in [-0.1, -0.05) is 13.8 Å². The standard InChI is InChI=1S/C17H24F3N5O2S2/c1-3-23(4-2)29(26,27)14-7-8-15-21-25(16(28)24(15)11-14)12-22-9-5-6-13(10-22)17(18,19)20/h7-8,11,13H,3-6,9-10,12H2,1-2H3. The molecule has 1 unspecified atom stereocenters. The minimum Gasteiger partial charge on any atom is -0.284 e. The van der Waals surface area contributed by atoms with Gasteiger partial charge in [0.15, 0.2) is 5.65 Å². The average Bonchev–Trinajstić information content (AvgIpc) is 2.97. The van der Waals surface area contributed by atoms with Gasteiger partial charge in [0.1, 0.15) is 0 Å². The van der Waals surface area contributed by atoms with Crippen LogP contribution in [0, 0.1) is 10.7 Å². The van der Waals surface area contributed by atoms with Crippen molar-refractivity contribution in [2.45, 2.75) is 44.4 Å². The summed E-state index contributed by atoms with van der Waals surface area (Å²) in [4.78, 5) is 1.77. The molecule has 1 fully saturated rings. The first-order valence-electron chi connectivity index (χ1n) is 9.46. The van der Waals surface area contributed by atoms with Crippen LogP contribution in [0.3, 0.4) is 0 Å². The van der Waals surface area contributed by atoms with Crippen molar-refractivity contribution in [3.05, 3.63) is 23.1 Å². The Morgan fingerprint density at radius 1 is 1.28 bits per heavy atom. The highest BCUT2D eigenvalue weighted by Crippen LogP contribution is 2.33. The predicted molar refractivity (Wildman–Crippen MR) is 104 cm³/mol. The number of aromatic nitrogens is 3. The first-order chi connectivity index (χ1) is 13.6. The summed E-state index contributed by atoms with van der Waals surface area (Å²) < 4.78 is 69.1. The van der Waals surface area contributed by atoms with Gasteiger partial charge < -0.3 is 0 Å². The van der Waals surface area contributed by atoms with Crippen LogP contribution < -0.4 is 0 Å². The number of pyridine rings is 1. The van der Waals surface area contributed by atoms with E-state index < -0.39 is 22.1 Å². The van der Waals surface area contributed by atoms with E-state index in [2.05, 4.69) is 5.10 Å². The Hall–Kier alpha value is -1.50. The third kappa shape index (κ3) is 4.49. The fourth-order valence-electron chi connectivity index (χ4n) is 3.60. The highest BCUT2D eigenvalue weighted by Gasteiger charge is 2.41. The summed E-state index contributed by atoms with van der Waals surface area (Å²) in [5, 5.41) is 4.35. The monoisotopic (exact) mass is 451 g/mol. The van der Waals surface area contributed by atoms with Crippen LogP contribution in [0.15, 0.2) is 23.2 Å². The van der Waals surface area contributed by atoms with E-state index in [0.29, 0.717) is 31.7 Å². The van der Waals surface area contributed by atoms with Gasteiger partial charge in [-0.2, -0.15) is 22.6 Å². The Bertz CT molecular complexity index is 1030. The van der Waals surface area contributed by atoms with Crippen LogP contribution in [0.5, 0.6) is 0 Å². The third-order valence-electron chi connectivity index (χ3n) is 5.20. The van der Waals surface area contributed by atoms with Gasteiger partial charge in [-0.15, -0.1) is 0 Å². The fourth-order valence-corrected chi connectivity index (χ4v) is 5.30. The lowest BCUT2D eigenvalue weighted by Crippen LogP contribution is -2.42. The quantitative estimate of drug-likeness (QED) is 0.632. The molecule has 162 valence electrons. The molecule has 0 aliphatic carbocycles. The highest BCUT2D eigenvalue weighted by molar-refractivity contribution is 7.89. The lowest BCUT2D eigenvalue weighted by Gasteiger charge is -2.33. The van der Waals surface area contributed by atoms with Crippen LogP contribution in [0.4, 0.5) is 13.2 Å². The first kappa shape index (κ1) is 22.2. The van der Waals surface area contributed by atoms with E-state index in [1.165, 1.54) is 25.7 Å². The second-order valence-corrected chi connectivity index (χ2v) is 9.37. The van der Waals surface area contributed by atoms with Gasteiger partial charge in [0.2, 0.25) is 14.8 Å². The van der Waals surface area contributed by atoms with Crippen LogP contribution in [0.25, 0.3) is 5.65 Å². The summed E-state index contributed by atoms with van der Waals surface area (Å²) in [7, 11) is -3.66. The van der Waals surface area contributed by atoms with Crippen molar-refractivity contribution >= 4 is 27.9 Å². The summed E-state index contributed by atoms with van der Waals surface area (Å²) in [5.74, 6) is -1.35. The SMILES string of the molecule is CCN(CC)S(=O)(=O)c1ccc2nn(CN3CCCC(C(F)(F)F)C3)c(=S)n2c1. The molecule has 1 aliphatic heterocycles. The molecule has 2 aromatic rings. The fraction of sp³-hybridized carbons (Fsp3) is 0.647. The van der Waals surface area contributed by atoms with Crippen molar-refractivity contribution in [2.75, 3.05) is 26.2 Å². The summed E-state index contributed by atoms with van der Waals surface area (Å²) in [6.07, 6.45) is -2.21. The average molecular weight is 452 g/mol. The maximum Gasteiger partial charge on any atom is 0.393 e. The molecule has 3 heterocycles. The van der Waals surface area contributed by atoms with E-state index in [1.54, 1.807) is 24.8 Å². The van der Waals surface area contributed by atoms with E-state index in [0.717, 1.165) is 0 Å². The Morgan fingerprint density at radius 3 is 2.59 bits per heavy atom. The van der Waals surface area contributed by atoms with Crippen molar-refractivity contribution in [3.63, 3.8) is 0 Å². The second-order valence-electron chi connectivity index (χ2n) is 7.06. The van der Waals surface area contributed by atoms with Crippen molar-refractivity contribution in [3.8, 4) is 0 Å². The third-order valence-corrected chi connectivity index (χ3v) is 7.64. The molecule has 0 aromatic carbocycles. The zero-order valence-corrected chi connectivity index (χ0v) is 17.9. The van der Waals surface area contributed by atoms with Gasteiger partial charge in [0.05, 0.1) is 17.5 Å². The normalized spacial score (nSPS) is 19.3. The number of hydrogen-bond donors (Lipinski definition) is 0. The topological polar surface area (TPSA) is 62.9 Å². The van der Waals surface area contributed by atoms with Gasteiger partial charge in [-0.05, 0) is 43.7 Å². The van der Waals surface area contributed by atoms with E-state index in [1.807, 2.05) is 0 Å². The zero-order valence-electron chi connectivity index (χ0n) is 16.3.